The first-order valence-corrected chi connectivity index (χ1v) is 9.25. The van der Waals surface area contributed by atoms with Crippen molar-refractivity contribution in [2.75, 3.05) is 18.9 Å². The Morgan fingerprint density at radius 1 is 1.07 bits per heavy atom. The average molecular weight is 375 g/mol. The van der Waals surface area contributed by atoms with E-state index in [0.29, 0.717) is 11.4 Å². The number of likely N-dealkylation sites (N-methyl/N-ethyl adjacent to an activating group) is 1. The van der Waals surface area contributed by atoms with Crippen LogP contribution < -0.4 is 5.32 Å². The molecule has 7 nitrogen and oxygen atoms in total. The summed E-state index contributed by atoms with van der Waals surface area (Å²) in [6.07, 6.45) is 2.03. The van der Waals surface area contributed by atoms with Crippen LogP contribution in [-0.4, -0.2) is 45.3 Å². The minimum absolute atomic E-state index is 0.0595. The zero-order valence-corrected chi connectivity index (χ0v) is 15.6. The van der Waals surface area contributed by atoms with E-state index in [1.165, 1.54) is 4.90 Å². The molecule has 0 radical (unpaired) electrons. The topological polar surface area (TPSA) is 80.1 Å². The van der Waals surface area contributed by atoms with E-state index >= 15 is 0 Å². The molecule has 1 N–H and O–H groups in total. The fourth-order valence-electron chi connectivity index (χ4n) is 3.11. The van der Waals surface area contributed by atoms with Crippen LogP contribution in [0.15, 0.2) is 60.7 Å². The van der Waals surface area contributed by atoms with Gasteiger partial charge in [0.05, 0.1) is 17.9 Å². The number of hydrogen-bond donors (Lipinski definition) is 1. The summed E-state index contributed by atoms with van der Waals surface area (Å²) in [5.41, 5.74) is 2.72. The highest BCUT2D eigenvalue weighted by Crippen LogP contribution is 2.42. The van der Waals surface area contributed by atoms with Gasteiger partial charge in [0.1, 0.15) is 0 Å². The molecular formula is C21H21N5O2. The third kappa shape index (κ3) is 3.78. The number of nitrogens with zero attached hydrogens (tertiary/aromatic N) is 4. The monoisotopic (exact) mass is 375 g/mol. The molecule has 0 aliphatic heterocycles. The fraction of sp³-hybridized carbons (Fsp3) is 0.238. The summed E-state index contributed by atoms with van der Waals surface area (Å²) in [5, 5.41) is 11.2. The SMILES string of the molecule is CN(CC(=O)Nc1ccccc1)C(=O)c1nnn(-c2ccccc2)c1C1CC1. The Balaban J connectivity index is 1.51. The molecule has 142 valence electrons. The number of carbonyl (C=O) groups excluding carboxylic acids is 2. The quantitative estimate of drug-likeness (QED) is 0.718. The van der Waals surface area contributed by atoms with Crippen LogP contribution in [0.25, 0.3) is 5.69 Å². The molecule has 4 rings (SSSR count). The van der Waals surface area contributed by atoms with E-state index in [1.807, 2.05) is 48.5 Å². The van der Waals surface area contributed by atoms with Crippen molar-refractivity contribution in [2.45, 2.75) is 18.8 Å². The Kier molecular flexibility index (Phi) is 4.89. The van der Waals surface area contributed by atoms with Crippen LogP contribution in [0, 0.1) is 0 Å². The second-order valence-electron chi connectivity index (χ2n) is 6.92. The molecule has 3 aromatic rings. The van der Waals surface area contributed by atoms with Crippen LogP contribution >= 0.6 is 0 Å². The van der Waals surface area contributed by atoms with E-state index in [9.17, 15) is 9.59 Å². The summed E-state index contributed by atoms with van der Waals surface area (Å²) in [6.45, 7) is -0.0595. The van der Waals surface area contributed by atoms with Crippen molar-refractivity contribution in [3.05, 3.63) is 72.1 Å². The Labute approximate surface area is 163 Å². The summed E-state index contributed by atoms with van der Waals surface area (Å²) in [5.74, 6) is -0.279. The molecule has 0 bridgehead atoms. The first-order chi connectivity index (χ1) is 13.6. The minimum atomic E-state index is -0.299. The number of amides is 2. The molecule has 1 aliphatic rings. The van der Waals surface area contributed by atoms with Crippen molar-refractivity contribution in [1.82, 2.24) is 19.9 Å². The number of para-hydroxylation sites is 2. The maximum absolute atomic E-state index is 13.0. The maximum Gasteiger partial charge on any atom is 0.276 e. The molecule has 0 atom stereocenters. The van der Waals surface area contributed by atoms with Crippen LogP contribution in [-0.2, 0) is 4.79 Å². The Hall–Kier alpha value is -3.48. The molecule has 1 saturated carbocycles. The number of benzene rings is 2. The molecule has 0 saturated heterocycles. The molecule has 7 heteroatoms. The van der Waals surface area contributed by atoms with Crippen LogP contribution in [0.2, 0.25) is 0 Å². The van der Waals surface area contributed by atoms with E-state index in [1.54, 1.807) is 23.9 Å². The smallest absolute Gasteiger partial charge is 0.276 e. The summed E-state index contributed by atoms with van der Waals surface area (Å²) in [7, 11) is 1.60. The second-order valence-corrected chi connectivity index (χ2v) is 6.92. The number of anilines is 1. The van der Waals surface area contributed by atoms with Crippen molar-refractivity contribution in [1.29, 1.82) is 0 Å². The van der Waals surface area contributed by atoms with Crippen molar-refractivity contribution in [3.63, 3.8) is 0 Å². The van der Waals surface area contributed by atoms with E-state index in [0.717, 1.165) is 24.2 Å². The Morgan fingerprint density at radius 3 is 2.36 bits per heavy atom. The van der Waals surface area contributed by atoms with Crippen LogP contribution in [0.5, 0.6) is 0 Å². The van der Waals surface area contributed by atoms with E-state index < -0.39 is 0 Å². The van der Waals surface area contributed by atoms with Gasteiger partial charge in [0.15, 0.2) is 5.69 Å². The van der Waals surface area contributed by atoms with Gasteiger partial charge in [-0.3, -0.25) is 9.59 Å². The number of rotatable bonds is 6. The molecule has 1 fully saturated rings. The van der Waals surface area contributed by atoms with Gasteiger partial charge in [-0.25, -0.2) is 4.68 Å². The molecule has 1 aromatic heterocycles. The summed E-state index contributed by atoms with van der Waals surface area (Å²) >= 11 is 0. The first-order valence-electron chi connectivity index (χ1n) is 9.25. The number of hydrogen-bond acceptors (Lipinski definition) is 4. The lowest BCUT2D eigenvalue weighted by Crippen LogP contribution is -2.35. The van der Waals surface area contributed by atoms with Crippen molar-refractivity contribution in [2.24, 2.45) is 0 Å². The zero-order chi connectivity index (χ0) is 19.5. The highest BCUT2D eigenvalue weighted by molar-refractivity contribution is 5.99. The van der Waals surface area contributed by atoms with Crippen molar-refractivity contribution >= 4 is 17.5 Å². The Bertz CT molecular complexity index is 981. The van der Waals surface area contributed by atoms with Gasteiger partial charge in [-0.15, -0.1) is 5.10 Å². The lowest BCUT2D eigenvalue weighted by atomic mass is 10.2. The molecule has 2 aromatic carbocycles. The van der Waals surface area contributed by atoms with Crippen LogP contribution in [0.3, 0.4) is 0 Å². The van der Waals surface area contributed by atoms with Crippen molar-refractivity contribution in [3.8, 4) is 5.69 Å². The van der Waals surface area contributed by atoms with E-state index in [4.69, 9.17) is 0 Å². The predicted molar refractivity (Wildman–Crippen MR) is 105 cm³/mol. The number of carbonyl (C=O) groups is 2. The molecule has 1 aliphatic carbocycles. The highest BCUT2D eigenvalue weighted by atomic mass is 16.2. The fourth-order valence-corrected chi connectivity index (χ4v) is 3.11. The standard InChI is InChI=1S/C21H21N5O2/c1-25(14-18(27)22-16-8-4-2-5-9-16)21(28)19-20(15-12-13-15)26(24-23-19)17-10-6-3-7-11-17/h2-11,15H,12-14H2,1H3,(H,22,27). The molecule has 1 heterocycles. The minimum Gasteiger partial charge on any atom is -0.331 e. The third-order valence-electron chi connectivity index (χ3n) is 4.66. The largest absolute Gasteiger partial charge is 0.331 e. The second kappa shape index (κ2) is 7.64. The van der Waals surface area contributed by atoms with Crippen molar-refractivity contribution < 1.29 is 9.59 Å². The molecular weight excluding hydrogens is 354 g/mol. The van der Waals surface area contributed by atoms with Gasteiger partial charge in [-0.2, -0.15) is 0 Å². The maximum atomic E-state index is 13.0. The lowest BCUT2D eigenvalue weighted by Gasteiger charge is -2.16. The number of aromatic nitrogens is 3. The normalized spacial score (nSPS) is 13.2. The van der Waals surface area contributed by atoms with Gasteiger partial charge < -0.3 is 10.2 Å². The number of nitrogens with one attached hydrogen (secondary N) is 1. The summed E-state index contributed by atoms with van der Waals surface area (Å²) in [6, 6.07) is 18.8. The predicted octanol–water partition coefficient (Wildman–Crippen LogP) is 2.86. The lowest BCUT2D eigenvalue weighted by molar-refractivity contribution is -0.116. The average Bonchev–Trinajstić information content (AvgIpc) is 3.46. The molecule has 0 unspecified atom stereocenters. The molecule has 28 heavy (non-hydrogen) atoms. The van der Waals surface area contributed by atoms with Gasteiger partial charge >= 0.3 is 0 Å². The van der Waals surface area contributed by atoms with Gasteiger partial charge in [0, 0.05) is 18.7 Å². The summed E-state index contributed by atoms with van der Waals surface area (Å²) < 4.78 is 1.74. The van der Waals surface area contributed by atoms with Gasteiger partial charge in [0.25, 0.3) is 5.91 Å². The van der Waals surface area contributed by atoms with Gasteiger partial charge in [0.2, 0.25) is 5.91 Å². The zero-order valence-electron chi connectivity index (χ0n) is 15.6. The molecule has 2 amide bonds. The summed E-state index contributed by atoms with van der Waals surface area (Å²) in [4.78, 5) is 26.6. The van der Waals surface area contributed by atoms with E-state index in [2.05, 4.69) is 15.6 Å². The first kappa shape index (κ1) is 17.9. The molecule has 0 spiro atoms. The van der Waals surface area contributed by atoms with E-state index in [-0.39, 0.29) is 24.3 Å². The van der Waals surface area contributed by atoms with Gasteiger partial charge in [-0.05, 0) is 37.1 Å². The van der Waals surface area contributed by atoms with Gasteiger partial charge in [-0.1, -0.05) is 41.6 Å². The van der Waals surface area contributed by atoms with Crippen LogP contribution in [0.4, 0.5) is 5.69 Å². The van der Waals surface area contributed by atoms with Crippen LogP contribution in [0.1, 0.15) is 34.9 Å². The third-order valence-corrected chi connectivity index (χ3v) is 4.66. The Morgan fingerprint density at radius 2 is 1.71 bits per heavy atom. The highest BCUT2D eigenvalue weighted by Gasteiger charge is 2.35.